The zero-order chi connectivity index (χ0) is 26.7. The van der Waals surface area contributed by atoms with Gasteiger partial charge in [-0.2, -0.15) is 43.2 Å². The third-order valence-electron chi connectivity index (χ3n) is 4.48. The largest absolute Gasteiger partial charge is 0.534 e. The van der Waals surface area contributed by atoms with Gasteiger partial charge in [-0.1, -0.05) is 0 Å². The molecule has 0 saturated carbocycles. The summed E-state index contributed by atoms with van der Waals surface area (Å²) in [4.78, 5) is 17.0. The number of nitrogens with zero attached hydrogens (tertiary/aromatic N) is 2. The number of fused-ring (bicyclic) bond motifs is 3. The first-order valence-corrected chi connectivity index (χ1v) is 12.7. The fourth-order valence-corrected chi connectivity index (χ4v) is 4.95. The molecule has 0 saturated heterocycles. The molecule has 192 valence electrons. The Morgan fingerprint density at radius 3 is 2.00 bits per heavy atom. The maximum absolute atomic E-state index is 13.0. The highest BCUT2D eigenvalue weighted by Crippen LogP contribution is 2.39. The Balaban J connectivity index is 1.77. The monoisotopic (exact) mass is 574 g/mol. The van der Waals surface area contributed by atoms with Gasteiger partial charge in [-0.15, -0.1) is 11.3 Å². The topological polar surface area (TPSA) is 122 Å². The van der Waals surface area contributed by atoms with Gasteiger partial charge in [0, 0.05) is 29.5 Å². The second-order valence-corrected chi connectivity index (χ2v) is 10.9. The molecule has 0 radical (unpaired) electrons. The number of halogens is 6. The van der Waals surface area contributed by atoms with Gasteiger partial charge in [-0.05, 0) is 30.3 Å². The number of hydrogen-bond acceptors (Lipinski definition) is 9. The van der Waals surface area contributed by atoms with E-state index in [0.29, 0.717) is 0 Å². The summed E-state index contributed by atoms with van der Waals surface area (Å²) in [6.45, 7) is 0. The summed E-state index contributed by atoms with van der Waals surface area (Å²) in [5.41, 5.74) is -12.0. The number of hydrogen-bond donors (Lipinski definition) is 0. The van der Waals surface area contributed by atoms with E-state index in [1.807, 2.05) is 0 Å². The quantitative estimate of drug-likeness (QED) is 0.199. The molecule has 18 heteroatoms. The molecule has 3 heterocycles. The van der Waals surface area contributed by atoms with Gasteiger partial charge in [0.2, 0.25) is 0 Å². The average Bonchev–Trinajstić information content (AvgIpc) is 3.13. The fourth-order valence-electron chi connectivity index (χ4n) is 2.93. The van der Waals surface area contributed by atoms with E-state index < -0.39 is 48.3 Å². The molecule has 3 aromatic heterocycles. The Morgan fingerprint density at radius 2 is 1.42 bits per heavy atom. The SMILES string of the molecule is O=c1c2sc3nccc(OS(=O)(=O)C(F)(F)F)c3c2ccn1-c1ccc(OS(=O)(=O)C(F)(F)F)cc1. The van der Waals surface area contributed by atoms with Crippen molar-refractivity contribution in [3.05, 3.63) is 59.1 Å². The summed E-state index contributed by atoms with van der Waals surface area (Å²) >= 11 is 0.729. The number of aromatic nitrogens is 2. The van der Waals surface area contributed by atoms with Gasteiger partial charge in [0.15, 0.2) is 5.75 Å². The molecule has 0 aliphatic rings. The molecule has 0 aliphatic carbocycles. The lowest BCUT2D eigenvalue weighted by atomic mass is 10.2. The van der Waals surface area contributed by atoms with Crippen molar-refractivity contribution in [1.29, 1.82) is 0 Å². The molecule has 4 rings (SSSR count). The Kier molecular flexibility index (Phi) is 5.96. The molecule has 0 bridgehead atoms. The van der Waals surface area contributed by atoms with Crippen LogP contribution >= 0.6 is 11.3 Å². The van der Waals surface area contributed by atoms with Crippen LogP contribution in [-0.4, -0.2) is 37.4 Å². The van der Waals surface area contributed by atoms with Crippen molar-refractivity contribution in [2.45, 2.75) is 11.0 Å². The summed E-state index contributed by atoms with van der Waals surface area (Å²) in [5, 5.41) is -0.122. The van der Waals surface area contributed by atoms with E-state index in [4.69, 9.17) is 0 Å². The number of alkyl halides is 6. The minimum absolute atomic E-state index is 0.00386. The molecule has 0 spiro atoms. The van der Waals surface area contributed by atoms with E-state index in [1.54, 1.807) is 0 Å². The summed E-state index contributed by atoms with van der Waals surface area (Å²) in [6, 6.07) is 6.07. The lowest BCUT2D eigenvalue weighted by Crippen LogP contribution is -2.28. The third kappa shape index (κ3) is 4.46. The van der Waals surface area contributed by atoms with Crippen LogP contribution in [0.5, 0.6) is 11.5 Å². The van der Waals surface area contributed by atoms with Gasteiger partial charge in [0.25, 0.3) is 5.56 Å². The molecular formula is C18H8F6N2O7S3. The fraction of sp³-hybridized carbons (Fsp3) is 0.111. The van der Waals surface area contributed by atoms with Crippen LogP contribution in [-0.2, 0) is 20.2 Å². The molecule has 4 aromatic rings. The van der Waals surface area contributed by atoms with E-state index in [2.05, 4.69) is 13.4 Å². The highest BCUT2D eigenvalue weighted by molar-refractivity contribution is 7.88. The first-order valence-electron chi connectivity index (χ1n) is 9.07. The smallest absolute Gasteiger partial charge is 0.376 e. The molecular weight excluding hydrogens is 566 g/mol. The number of benzene rings is 1. The van der Waals surface area contributed by atoms with Gasteiger partial charge < -0.3 is 8.37 Å². The second-order valence-electron chi connectivity index (χ2n) is 6.79. The van der Waals surface area contributed by atoms with E-state index >= 15 is 0 Å². The van der Waals surface area contributed by atoms with Crippen LogP contribution in [0.2, 0.25) is 0 Å². The number of rotatable bonds is 5. The molecule has 0 aliphatic heterocycles. The Hall–Kier alpha value is -3.38. The first kappa shape index (κ1) is 25.7. The van der Waals surface area contributed by atoms with Gasteiger partial charge >= 0.3 is 31.3 Å². The molecule has 0 atom stereocenters. The maximum Gasteiger partial charge on any atom is 0.534 e. The van der Waals surface area contributed by atoms with Crippen LogP contribution < -0.4 is 13.9 Å². The molecule has 36 heavy (non-hydrogen) atoms. The molecule has 0 amide bonds. The summed E-state index contributed by atoms with van der Waals surface area (Å²) in [6.07, 6.45) is 2.15. The van der Waals surface area contributed by atoms with E-state index in [1.165, 1.54) is 6.07 Å². The summed E-state index contributed by atoms with van der Waals surface area (Å²) in [7, 11) is -11.9. The van der Waals surface area contributed by atoms with Crippen LogP contribution in [0.25, 0.3) is 26.0 Å². The molecule has 1 aromatic carbocycles. The molecule has 0 N–H and O–H groups in total. The van der Waals surface area contributed by atoms with Crippen molar-refractivity contribution >= 4 is 51.9 Å². The normalized spacial score (nSPS) is 13.3. The van der Waals surface area contributed by atoms with Crippen molar-refractivity contribution < 1.29 is 51.5 Å². The zero-order valence-corrected chi connectivity index (χ0v) is 19.3. The van der Waals surface area contributed by atoms with Gasteiger partial charge in [0.1, 0.15) is 15.3 Å². The Bertz CT molecular complexity index is 1760. The summed E-state index contributed by atoms with van der Waals surface area (Å²) in [5.74, 6) is -1.38. The third-order valence-corrected chi connectivity index (χ3v) is 7.53. The van der Waals surface area contributed by atoms with Crippen LogP contribution in [0.3, 0.4) is 0 Å². The average molecular weight is 574 g/mol. The highest BCUT2D eigenvalue weighted by atomic mass is 32.2. The molecule has 0 unspecified atom stereocenters. The lowest BCUT2D eigenvalue weighted by Gasteiger charge is -2.11. The second kappa shape index (κ2) is 8.34. The minimum Gasteiger partial charge on any atom is -0.376 e. The minimum atomic E-state index is -6.01. The van der Waals surface area contributed by atoms with E-state index in [-0.39, 0.29) is 26.0 Å². The van der Waals surface area contributed by atoms with Gasteiger partial charge in [-0.3, -0.25) is 9.36 Å². The predicted octanol–water partition coefficient (Wildman–Crippen LogP) is 4.06. The van der Waals surface area contributed by atoms with Crippen molar-refractivity contribution in [1.82, 2.24) is 9.55 Å². The number of thiophene rings is 1. The first-order chi connectivity index (χ1) is 16.5. The standard InChI is InChI=1S/C18H8F6N2O7S3/c19-17(20,21)35(28,29)32-10-3-1-9(2-4-10)26-8-6-11-13-12(33-36(30,31)18(22,23)24)5-7-25-15(13)34-14(11)16(26)27/h1-8H. The van der Waals surface area contributed by atoms with Crippen molar-refractivity contribution in [3.8, 4) is 17.2 Å². The van der Waals surface area contributed by atoms with Crippen LogP contribution in [0, 0.1) is 0 Å². The Morgan fingerprint density at radius 1 is 0.833 bits per heavy atom. The number of pyridine rings is 2. The van der Waals surface area contributed by atoms with Crippen molar-refractivity contribution in [2.75, 3.05) is 0 Å². The van der Waals surface area contributed by atoms with Crippen LogP contribution in [0.1, 0.15) is 0 Å². The van der Waals surface area contributed by atoms with Crippen molar-refractivity contribution in [2.24, 2.45) is 0 Å². The van der Waals surface area contributed by atoms with Gasteiger partial charge in [0.05, 0.1) is 5.39 Å². The predicted molar refractivity (Wildman–Crippen MR) is 114 cm³/mol. The Labute approximate surface area is 200 Å². The lowest BCUT2D eigenvalue weighted by molar-refractivity contribution is -0.0504. The zero-order valence-electron chi connectivity index (χ0n) is 16.9. The highest BCUT2D eigenvalue weighted by Gasteiger charge is 2.49. The molecule has 0 fully saturated rings. The van der Waals surface area contributed by atoms with Gasteiger partial charge in [-0.25, -0.2) is 4.98 Å². The molecule has 9 nitrogen and oxygen atoms in total. The van der Waals surface area contributed by atoms with E-state index in [0.717, 1.165) is 58.6 Å². The maximum atomic E-state index is 13.0. The van der Waals surface area contributed by atoms with Crippen LogP contribution in [0.4, 0.5) is 26.3 Å². The van der Waals surface area contributed by atoms with E-state index in [9.17, 15) is 48.0 Å². The van der Waals surface area contributed by atoms with Crippen molar-refractivity contribution in [3.63, 3.8) is 0 Å². The van der Waals surface area contributed by atoms with Crippen LogP contribution in [0.15, 0.2) is 53.6 Å². The summed E-state index contributed by atoms with van der Waals surface area (Å²) < 4.78 is 130.